The molecule has 0 amide bonds. The van der Waals surface area contributed by atoms with Crippen LogP contribution >= 0.6 is 12.6 Å². The minimum Gasteiger partial charge on any atom is -0.381 e. The molecule has 0 saturated carbocycles. The van der Waals surface area contributed by atoms with Gasteiger partial charge in [0.2, 0.25) is 0 Å². The first-order valence-electron chi connectivity index (χ1n) is 5.34. The van der Waals surface area contributed by atoms with Gasteiger partial charge in [-0.2, -0.15) is 0 Å². The Morgan fingerprint density at radius 1 is 1.00 bits per heavy atom. The standard InChI is InChI=1S/C14H15NS/c1-11-6-5-7-12(14(11)16)10-15-13-8-3-2-4-9-13/h2-9,15-16H,10H2,1H3. The smallest absolute Gasteiger partial charge is 0.0411 e. The molecule has 2 aromatic carbocycles. The second-order valence-electron chi connectivity index (χ2n) is 3.80. The van der Waals surface area contributed by atoms with Crippen molar-refractivity contribution in [1.82, 2.24) is 0 Å². The summed E-state index contributed by atoms with van der Waals surface area (Å²) < 4.78 is 0. The van der Waals surface area contributed by atoms with Gasteiger partial charge in [-0.1, -0.05) is 36.4 Å². The van der Waals surface area contributed by atoms with Crippen LogP contribution in [0.4, 0.5) is 5.69 Å². The number of rotatable bonds is 3. The van der Waals surface area contributed by atoms with E-state index in [4.69, 9.17) is 0 Å². The van der Waals surface area contributed by atoms with Gasteiger partial charge in [-0.3, -0.25) is 0 Å². The van der Waals surface area contributed by atoms with Crippen LogP contribution in [-0.4, -0.2) is 0 Å². The Kier molecular flexibility index (Phi) is 3.52. The number of hydrogen-bond donors (Lipinski definition) is 2. The van der Waals surface area contributed by atoms with Gasteiger partial charge in [-0.05, 0) is 30.2 Å². The van der Waals surface area contributed by atoms with E-state index < -0.39 is 0 Å². The Labute approximate surface area is 102 Å². The summed E-state index contributed by atoms with van der Waals surface area (Å²) in [4.78, 5) is 1.07. The third-order valence-electron chi connectivity index (χ3n) is 2.58. The topological polar surface area (TPSA) is 12.0 Å². The predicted octanol–water partition coefficient (Wildman–Crippen LogP) is 3.90. The highest BCUT2D eigenvalue weighted by Crippen LogP contribution is 2.19. The second-order valence-corrected chi connectivity index (χ2v) is 4.25. The van der Waals surface area contributed by atoms with E-state index in [-0.39, 0.29) is 0 Å². The van der Waals surface area contributed by atoms with Gasteiger partial charge >= 0.3 is 0 Å². The van der Waals surface area contributed by atoms with Gasteiger partial charge in [-0.15, -0.1) is 12.6 Å². The van der Waals surface area contributed by atoms with Crippen molar-refractivity contribution in [1.29, 1.82) is 0 Å². The first-order valence-corrected chi connectivity index (χ1v) is 5.78. The highest BCUT2D eigenvalue weighted by Gasteiger charge is 2.00. The van der Waals surface area contributed by atoms with Crippen molar-refractivity contribution < 1.29 is 0 Å². The van der Waals surface area contributed by atoms with Crippen LogP contribution in [0.5, 0.6) is 0 Å². The van der Waals surface area contributed by atoms with Gasteiger partial charge in [0.15, 0.2) is 0 Å². The van der Waals surface area contributed by atoms with E-state index in [0.29, 0.717) is 0 Å². The number of aryl methyl sites for hydroxylation is 1. The molecule has 0 bridgehead atoms. The molecule has 0 aliphatic heterocycles. The molecule has 82 valence electrons. The van der Waals surface area contributed by atoms with Crippen LogP contribution in [-0.2, 0) is 6.54 Å². The molecule has 0 spiro atoms. The number of thiol groups is 1. The summed E-state index contributed by atoms with van der Waals surface area (Å²) in [5, 5.41) is 3.38. The average molecular weight is 229 g/mol. The van der Waals surface area contributed by atoms with Crippen molar-refractivity contribution in [2.75, 3.05) is 5.32 Å². The quantitative estimate of drug-likeness (QED) is 0.761. The fourth-order valence-corrected chi connectivity index (χ4v) is 1.84. The fraction of sp³-hybridized carbons (Fsp3) is 0.143. The summed E-state index contributed by atoms with van der Waals surface area (Å²) in [6.07, 6.45) is 0. The maximum atomic E-state index is 4.52. The highest BCUT2D eigenvalue weighted by atomic mass is 32.1. The lowest BCUT2D eigenvalue weighted by molar-refractivity contribution is 1.07. The van der Waals surface area contributed by atoms with Crippen LogP contribution in [0, 0.1) is 6.92 Å². The number of hydrogen-bond acceptors (Lipinski definition) is 2. The zero-order valence-corrected chi connectivity index (χ0v) is 10.2. The first kappa shape index (κ1) is 11.1. The van der Waals surface area contributed by atoms with Crippen molar-refractivity contribution in [2.45, 2.75) is 18.4 Å². The normalized spacial score (nSPS) is 10.1. The molecule has 0 fully saturated rings. The monoisotopic (exact) mass is 229 g/mol. The van der Waals surface area contributed by atoms with E-state index in [2.05, 4.69) is 55.2 Å². The molecule has 0 aliphatic carbocycles. The Bertz CT molecular complexity index is 465. The molecule has 2 rings (SSSR count). The lowest BCUT2D eigenvalue weighted by Gasteiger charge is -2.10. The summed E-state index contributed by atoms with van der Waals surface area (Å²) in [5.41, 5.74) is 3.58. The first-order chi connectivity index (χ1) is 7.77. The molecule has 0 unspecified atom stereocenters. The molecular weight excluding hydrogens is 214 g/mol. The van der Waals surface area contributed by atoms with E-state index >= 15 is 0 Å². The molecule has 0 heterocycles. The summed E-state index contributed by atoms with van der Waals surface area (Å²) >= 11 is 4.52. The third kappa shape index (κ3) is 2.58. The largest absolute Gasteiger partial charge is 0.381 e. The average Bonchev–Trinajstić information content (AvgIpc) is 2.32. The lowest BCUT2D eigenvalue weighted by Crippen LogP contribution is -2.00. The highest BCUT2D eigenvalue weighted by molar-refractivity contribution is 7.80. The Morgan fingerprint density at radius 3 is 2.50 bits per heavy atom. The van der Waals surface area contributed by atoms with Crippen LogP contribution in [0.25, 0.3) is 0 Å². The summed E-state index contributed by atoms with van der Waals surface area (Å²) in [5.74, 6) is 0. The van der Waals surface area contributed by atoms with Crippen LogP contribution in [0.2, 0.25) is 0 Å². The molecule has 2 heteroatoms. The van der Waals surface area contributed by atoms with Crippen molar-refractivity contribution in [3.8, 4) is 0 Å². The van der Waals surface area contributed by atoms with Gasteiger partial charge in [0.1, 0.15) is 0 Å². The minimum atomic E-state index is 0.810. The molecule has 1 nitrogen and oxygen atoms in total. The fourth-order valence-electron chi connectivity index (χ4n) is 1.62. The van der Waals surface area contributed by atoms with Crippen molar-refractivity contribution in [3.05, 3.63) is 59.7 Å². The molecule has 16 heavy (non-hydrogen) atoms. The Balaban J connectivity index is 2.08. The zero-order valence-electron chi connectivity index (χ0n) is 9.27. The molecule has 2 aromatic rings. The molecular formula is C14H15NS. The summed E-state index contributed by atoms with van der Waals surface area (Å²) in [6.45, 7) is 2.89. The summed E-state index contributed by atoms with van der Waals surface area (Å²) in [6, 6.07) is 16.4. The molecule has 0 atom stereocenters. The maximum Gasteiger partial charge on any atom is 0.0411 e. The van der Waals surface area contributed by atoms with E-state index in [1.807, 2.05) is 18.2 Å². The van der Waals surface area contributed by atoms with E-state index in [1.54, 1.807) is 0 Å². The van der Waals surface area contributed by atoms with Crippen LogP contribution < -0.4 is 5.32 Å². The van der Waals surface area contributed by atoms with Gasteiger partial charge in [0.05, 0.1) is 0 Å². The third-order valence-corrected chi connectivity index (χ3v) is 3.22. The van der Waals surface area contributed by atoms with Crippen molar-refractivity contribution in [2.24, 2.45) is 0 Å². The molecule has 0 aliphatic rings. The number of para-hydroxylation sites is 1. The summed E-state index contributed by atoms with van der Waals surface area (Å²) in [7, 11) is 0. The van der Waals surface area contributed by atoms with Crippen LogP contribution in [0.15, 0.2) is 53.4 Å². The SMILES string of the molecule is Cc1cccc(CNc2ccccc2)c1S. The zero-order chi connectivity index (χ0) is 11.4. The van der Waals surface area contributed by atoms with Crippen LogP contribution in [0.1, 0.15) is 11.1 Å². The molecule has 0 aromatic heterocycles. The Hall–Kier alpha value is -1.41. The van der Waals surface area contributed by atoms with E-state index in [0.717, 1.165) is 17.1 Å². The minimum absolute atomic E-state index is 0.810. The van der Waals surface area contributed by atoms with Gasteiger partial charge in [0.25, 0.3) is 0 Å². The lowest BCUT2D eigenvalue weighted by atomic mass is 10.1. The number of anilines is 1. The Morgan fingerprint density at radius 2 is 1.75 bits per heavy atom. The van der Waals surface area contributed by atoms with Gasteiger partial charge < -0.3 is 5.32 Å². The van der Waals surface area contributed by atoms with E-state index in [9.17, 15) is 0 Å². The van der Waals surface area contributed by atoms with Gasteiger partial charge in [0, 0.05) is 17.1 Å². The van der Waals surface area contributed by atoms with Crippen molar-refractivity contribution in [3.63, 3.8) is 0 Å². The number of nitrogens with one attached hydrogen (secondary N) is 1. The van der Waals surface area contributed by atoms with Gasteiger partial charge in [-0.25, -0.2) is 0 Å². The van der Waals surface area contributed by atoms with E-state index in [1.165, 1.54) is 11.1 Å². The van der Waals surface area contributed by atoms with Crippen LogP contribution in [0.3, 0.4) is 0 Å². The maximum absolute atomic E-state index is 4.52. The molecule has 0 radical (unpaired) electrons. The molecule has 1 N–H and O–H groups in total. The molecule has 0 saturated heterocycles. The second kappa shape index (κ2) is 5.08. The number of benzene rings is 2. The van der Waals surface area contributed by atoms with Crippen molar-refractivity contribution >= 4 is 18.3 Å². The predicted molar refractivity (Wildman–Crippen MR) is 72.2 cm³/mol.